The number of carbonyl (C=O) groups is 1. The highest BCUT2D eigenvalue weighted by Gasteiger charge is 2.67. The number of aryl methyl sites for hydroxylation is 1. The number of H-pyrrole nitrogens is 1. The molecule has 1 aromatic heterocycles. The molecule has 0 aliphatic heterocycles. The third kappa shape index (κ3) is 2.31. The lowest BCUT2D eigenvalue weighted by atomic mass is 10.1. The molecular formula is C15H15Br2N3O2. The summed E-state index contributed by atoms with van der Waals surface area (Å²) in [6, 6.07) is 5.74. The van der Waals surface area contributed by atoms with Gasteiger partial charge >= 0.3 is 0 Å². The topological polar surface area (TPSA) is 77.8 Å². The highest BCUT2D eigenvalue weighted by molar-refractivity contribution is 9.25. The van der Waals surface area contributed by atoms with Crippen LogP contribution < -0.4 is 0 Å². The zero-order valence-corrected chi connectivity index (χ0v) is 15.3. The van der Waals surface area contributed by atoms with Gasteiger partial charge < -0.3 is 10.1 Å². The maximum atomic E-state index is 12.2. The summed E-state index contributed by atoms with van der Waals surface area (Å²) in [7, 11) is 0. The van der Waals surface area contributed by atoms with Crippen molar-refractivity contribution in [2.45, 2.75) is 29.9 Å². The molecule has 116 valence electrons. The number of rotatable bonds is 3. The quantitative estimate of drug-likeness (QED) is 0.536. The Hall–Kier alpha value is -1.21. The first kappa shape index (κ1) is 15.7. The van der Waals surface area contributed by atoms with E-state index in [2.05, 4.69) is 47.1 Å². The van der Waals surface area contributed by atoms with Crippen molar-refractivity contribution in [1.29, 1.82) is 0 Å². The van der Waals surface area contributed by atoms with Gasteiger partial charge in [0.15, 0.2) is 5.69 Å². The van der Waals surface area contributed by atoms with Crippen LogP contribution in [0.5, 0.6) is 5.88 Å². The van der Waals surface area contributed by atoms with Crippen molar-refractivity contribution in [2.24, 2.45) is 15.6 Å². The van der Waals surface area contributed by atoms with Crippen LogP contribution in [0.25, 0.3) is 10.9 Å². The first-order valence-electron chi connectivity index (χ1n) is 6.96. The van der Waals surface area contributed by atoms with Gasteiger partial charge in [-0.25, -0.2) is 0 Å². The summed E-state index contributed by atoms with van der Waals surface area (Å²) in [5.74, 6) is -0.390. The lowest BCUT2D eigenvalue weighted by Gasteiger charge is -2.05. The van der Waals surface area contributed by atoms with E-state index < -0.39 is 8.65 Å². The van der Waals surface area contributed by atoms with Gasteiger partial charge in [0.25, 0.3) is 5.91 Å². The molecule has 1 atom stereocenters. The van der Waals surface area contributed by atoms with Crippen molar-refractivity contribution in [3.63, 3.8) is 0 Å². The molecule has 2 N–H and O–H groups in total. The van der Waals surface area contributed by atoms with Crippen molar-refractivity contribution < 1.29 is 9.90 Å². The second kappa shape index (κ2) is 5.16. The molecule has 0 bridgehead atoms. The number of para-hydroxylation sites is 1. The molecule has 0 spiro atoms. The Morgan fingerprint density at radius 3 is 2.73 bits per heavy atom. The fourth-order valence-electron chi connectivity index (χ4n) is 2.48. The molecule has 7 heteroatoms. The zero-order valence-electron chi connectivity index (χ0n) is 12.2. The van der Waals surface area contributed by atoms with E-state index in [1.165, 1.54) is 0 Å². The van der Waals surface area contributed by atoms with Crippen LogP contribution in [0, 0.1) is 5.41 Å². The minimum Gasteiger partial charge on any atom is -0.493 e. The number of aromatic amines is 1. The standard InChI is InChI=1S/C15H15Br2N3O2/c1-3-8-5-4-6-9-10(8)18-12(21)11(9)19-20-13(22)14(2)7-15(14,16)17/h4-6,18,21H,3,7H2,1-2H3/t14-/m1/s1. The average molecular weight is 429 g/mol. The molecular weight excluding hydrogens is 414 g/mol. The van der Waals surface area contributed by atoms with Crippen LogP contribution in [0.15, 0.2) is 28.4 Å². The smallest absolute Gasteiger partial charge is 0.272 e. The number of aromatic nitrogens is 1. The summed E-state index contributed by atoms with van der Waals surface area (Å²) in [6.07, 6.45) is 1.48. The van der Waals surface area contributed by atoms with Crippen LogP contribution >= 0.6 is 31.9 Å². The van der Waals surface area contributed by atoms with Gasteiger partial charge in [-0.1, -0.05) is 57.0 Å². The van der Waals surface area contributed by atoms with Gasteiger partial charge in [0, 0.05) is 5.39 Å². The number of hydrogen-bond donors (Lipinski definition) is 2. The summed E-state index contributed by atoms with van der Waals surface area (Å²) in [5.41, 5.74) is 1.61. The Morgan fingerprint density at radius 2 is 2.14 bits per heavy atom. The number of hydrogen-bond acceptors (Lipinski definition) is 3. The Kier molecular flexibility index (Phi) is 3.68. The summed E-state index contributed by atoms with van der Waals surface area (Å²) < 4.78 is -0.402. The summed E-state index contributed by atoms with van der Waals surface area (Å²) in [6.45, 7) is 3.86. The Labute approximate surface area is 144 Å². The van der Waals surface area contributed by atoms with Gasteiger partial charge in [0.2, 0.25) is 5.88 Å². The molecule has 0 radical (unpaired) electrons. The lowest BCUT2D eigenvalue weighted by Crippen LogP contribution is -2.14. The van der Waals surface area contributed by atoms with Crippen molar-refractivity contribution in [2.75, 3.05) is 0 Å². The number of halogens is 2. The molecule has 1 saturated carbocycles. The molecule has 1 heterocycles. The van der Waals surface area contributed by atoms with E-state index in [9.17, 15) is 9.90 Å². The molecule has 1 aliphatic rings. The number of azo groups is 1. The number of nitrogens with one attached hydrogen (secondary N) is 1. The molecule has 1 aromatic carbocycles. The largest absolute Gasteiger partial charge is 0.493 e. The third-order valence-corrected chi connectivity index (χ3v) is 6.54. The van der Waals surface area contributed by atoms with Gasteiger partial charge in [-0.2, -0.15) is 0 Å². The van der Waals surface area contributed by atoms with Crippen LogP contribution in [0.4, 0.5) is 5.69 Å². The van der Waals surface area contributed by atoms with Gasteiger partial charge in [0.05, 0.1) is 14.2 Å². The fraction of sp³-hybridized carbons (Fsp3) is 0.400. The van der Waals surface area contributed by atoms with Gasteiger partial charge in [-0.05, 0) is 25.3 Å². The van der Waals surface area contributed by atoms with Crippen molar-refractivity contribution in [3.8, 4) is 5.88 Å². The number of amides is 1. The van der Waals surface area contributed by atoms with E-state index in [1.54, 1.807) is 0 Å². The molecule has 1 aliphatic carbocycles. The SMILES string of the molecule is CCc1cccc2c(N=NC(=O)[C@@]3(C)CC3(Br)Br)c(O)[nH]c12. The lowest BCUT2D eigenvalue weighted by molar-refractivity contribution is -0.122. The molecule has 0 saturated heterocycles. The number of benzene rings is 1. The van der Waals surface area contributed by atoms with Gasteiger partial charge in [-0.15, -0.1) is 10.2 Å². The van der Waals surface area contributed by atoms with Gasteiger partial charge in [0.1, 0.15) is 0 Å². The van der Waals surface area contributed by atoms with E-state index in [0.717, 1.165) is 22.9 Å². The van der Waals surface area contributed by atoms with Crippen molar-refractivity contribution in [1.82, 2.24) is 4.98 Å². The van der Waals surface area contributed by atoms with Crippen LogP contribution in [0.3, 0.4) is 0 Å². The van der Waals surface area contributed by atoms with Gasteiger partial charge in [-0.3, -0.25) is 4.79 Å². The van der Waals surface area contributed by atoms with E-state index in [1.807, 2.05) is 32.0 Å². The van der Waals surface area contributed by atoms with Crippen LogP contribution in [-0.4, -0.2) is 19.2 Å². The van der Waals surface area contributed by atoms with E-state index in [0.29, 0.717) is 12.1 Å². The normalized spacial score (nSPS) is 23.3. The molecule has 5 nitrogen and oxygen atoms in total. The highest BCUT2D eigenvalue weighted by Crippen LogP contribution is 2.66. The predicted molar refractivity (Wildman–Crippen MR) is 92.2 cm³/mol. The predicted octanol–water partition coefficient (Wildman–Crippen LogP) is 4.94. The number of aromatic hydroxyl groups is 1. The van der Waals surface area contributed by atoms with E-state index in [-0.39, 0.29) is 11.8 Å². The number of fused-ring (bicyclic) bond motifs is 1. The zero-order chi connectivity index (χ0) is 16.1. The van der Waals surface area contributed by atoms with Crippen LogP contribution in [-0.2, 0) is 11.2 Å². The molecule has 1 amide bonds. The Balaban J connectivity index is 1.96. The second-order valence-corrected chi connectivity index (χ2v) is 9.51. The molecule has 2 aromatic rings. The van der Waals surface area contributed by atoms with Crippen LogP contribution in [0.2, 0.25) is 0 Å². The van der Waals surface area contributed by atoms with E-state index >= 15 is 0 Å². The monoisotopic (exact) mass is 427 g/mol. The molecule has 22 heavy (non-hydrogen) atoms. The number of nitrogens with zero attached hydrogens (tertiary/aromatic N) is 2. The maximum Gasteiger partial charge on any atom is 0.272 e. The summed E-state index contributed by atoms with van der Waals surface area (Å²) in [4.78, 5) is 15.1. The van der Waals surface area contributed by atoms with E-state index in [4.69, 9.17) is 0 Å². The number of alkyl halides is 2. The summed E-state index contributed by atoms with van der Waals surface area (Å²) >= 11 is 6.88. The number of carbonyl (C=O) groups excluding carboxylic acids is 1. The highest BCUT2D eigenvalue weighted by atomic mass is 79.9. The Morgan fingerprint density at radius 1 is 1.45 bits per heavy atom. The minimum absolute atomic E-state index is 0.0719. The molecule has 0 unspecified atom stereocenters. The first-order valence-corrected chi connectivity index (χ1v) is 8.55. The maximum absolute atomic E-state index is 12.2. The second-order valence-electron chi connectivity index (χ2n) is 5.73. The van der Waals surface area contributed by atoms with Crippen molar-refractivity contribution >= 4 is 54.4 Å². The van der Waals surface area contributed by atoms with Crippen molar-refractivity contribution in [3.05, 3.63) is 23.8 Å². The average Bonchev–Trinajstić information content (AvgIpc) is 2.83. The fourth-order valence-corrected chi connectivity index (χ4v) is 3.94. The summed E-state index contributed by atoms with van der Waals surface area (Å²) in [5, 5.41) is 18.6. The molecule has 3 rings (SSSR count). The minimum atomic E-state index is -0.604. The Bertz CT molecular complexity index is 797. The third-order valence-electron chi connectivity index (χ3n) is 4.23. The first-order chi connectivity index (χ1) is 10.3. The molecule has 1 fully saturated rings. The van der Waals surface area contributed by atoms with Crippen LogP contribution in [0.1, 0.15) is 25.8 Å².